The second kappa shape index (κ2) is 6.40. The number of benzene rings is 2. The number of alkyl halides is 3. The predicted octanol–water partition coefficient (Wildman–Crippen LogP) is 4.72. The Hall–Kier alpha value is -2.96. The number of ether oxygens (including phenoxy) is 1. The fourth-order valence-electron chi connectivity index (χ4n) is 2.97. The number of rotatable bonds is 4. The first kappa shape index (κ1) is 17.8. The molecule has 3 rings (SSSR count). The minimum absolute atomic E-state index is 0.0486. The summed E-state index contributed by atoms with van der Waals surface area (Å²) < 4.78 is 45.1. The maximum atomic E-state index is 12.7. The number of aromatic carboxylic acids is 1. The van der Waals surface area contributed by atoms with Crippen molar-refractivity contribution in [1.29, 1.82) is 0 Å². The van der Waals surface area contributed by atoms with Gasteiger partial charge in [0.2, 0.25) is 0 Å². The molecular weight excluding hydrogens is 347 g/mol. The van der Waals surface area contributed by atoms with Crippen LogP contribution >= 0.6 is 0 Å². The van der Waals surface area contributed by atoms with Gasteiger partial charge in [-0.1, -0.05) is 18.2 Å². The zero-order valence-electron chi connectivity index (χ0n) is 14.1. The normalized spacial score (nSPS) is 11.7. The molecule has 4 nitrogen and oxygen atoms in total. The number of hydrogen-bond donors (Lipinski definition) is 1. The van der Waals surface area contributed by atoms with Crippen molar-refractivity contribution in [2.45, 2.75) is 19.6 Å². The van der Waals surface area contributed by atoms with Crippen molar-refractivity contribution in [2.75, 3.05) is 7.11 Å². The molecular formula is C19H16F3NO3. The van der Waals surface area contributed by atoms with Crippen molar-refractivity contribution in [1.82, 2.24) is 4.57 Å². The molecule has 136 valence electrons. The Morgan fingerprint density at radius 1 is 1.15 bits per heavy atom. The van der Waals surface area contributed by atoms with E-state index in [1.807, 2.05) is 13.0 Å². The molecule has 0 unspecified atom stereocenters. The topological polar surface area (TPSA) is 51.5 Å². The lowest BCUT2D eigenvalue weighted by atomic mass is 10.1. The van der Waals surface area contributed by atoms with Crippen LogP contribution in [0.3, 0.4) is 0 Å². The van der Waals surface area contributed by atoms with E-state index in [2.05, 4.69) is 0 Å². The first-order chi connectivity index (χ1) is 12.2. The van der Waals surface area contributed by atoms with Crippen molar-refractivity contribution in [3.05, 3.63) is 64.8 Å². The third-order valence-corrected chi connectivity index (χ3v) is 4.30. The number of methoxy groups -OCH3 is 1. The van der Waals surface area contributed by atoms with Gasteiger partial charge in [-0.3, -0.25) is 0 Å². The second-order valence-corrected chi connectivity index (χ2v) is 5.96. The Bertz CT molecular complexity index is 972. The molecule has 0 aliphatic heterocycles. The molecule has 26 heavy (non-hydrogen) atoms. The molecule has 0 fully saturated rings. The average molecular weight is 363 g/mol. The van der Waals surface area contributed by atoms with Crippen molar-refractivity contribution >= 4 is 16.9 Å². The minimum atomic E-state index is -4.41. The lowest BCUT2D eigenvalue weighted by Crippen LogP contribution is -2.10. The molecule has 0 radical (unpaired) electrons. The van der Waals surface area contributed by atoms with Gasteiger partial charge in [0.25, 0.3) is 0 Å². The second-order valence-electron chi connectivity index (χ2n) is 5.96. The van der Waals surface area contributed by atoms with Crippen LogP contribution in [0.1, 0.15) is 27.2 Å². The largest absolute Gasteiger partial charge is 0.495 e. The molecule has 1 heterocycles. The molecule has 0 amide bonds. The zero-order chi connectivity index (χ0) is 19.1. The van der Waals surface area contributed by atoms with E-state index in [0.717, 1.165) is 23.1 Å². The number of halogens is 3. The third kappa shape index (κ3) is 3.12. The Labute approximate surface area is 147 Å². The molecule has 0 aliphatic rings. The van der Waals surface area contributed by atoms with Gasteiger partial charge in [0.15, 0.2) is 0 Å². The number of carboxylic acid groups (broad SMARTS) is 1. The number of aromatic nitrogens is 1. The van der Waals surface area contributed by atoms with E-state index in [9.17, 15) is 23.1 Å². The SMILES string of the molecule is COc1ccc(C)c2cc(C(=O)O)n(Cc3ccc(C(F)(F)F)cc3)c12. The zero-order valence-corrected chi connectivity index (χ0v) is 14.1. The van der Waals surface area contributed by atoms with Crippen LogP contribution in [-0.2, 0) is 12.7 Å². The molecule has 1 N–H and O–H groups in total. The van der Waals surface area contributed by atoms with Gasteiger partial charge in [0.1, 0.15) is 11.4 Å². The summed E-state index contributed by atoms with van der Waals surface area (Å²) in [6.45, 7) is 1.97. The Balaban J connectivity index is 2.13. The van der Waals surface area contributed by atoms with Crippen LogP contribution in [0.15, 0.2) is 42.5 Å². The molecule has 3 aromatic rings. The highest BCUT2D eigenvalue weighted by atomic mass is 19.4. The number of hydrogen-bond acceptors (Lipinski definition) is 2. The number of nitrogens with zero attached hydrogens (tertiary/aromatic N) is 1. The van der Waals surface area contributed by atoms with Crippen LogP contribution in [0.2, 0.25) is 0 Å². The summed E-state index contributed by atoms with van der Waals surface area (Å²) in [5.74, 6) is -0.612. The van der Waals surface area contributed by atoms with Gasteiger partial charge in [-0.05, 0) is 42.3 Å². The maximum absolute atomic E-state index is 12.7. The third-order valence-electron chi connectivity index (χ3n) is 4.30. The maximum Gasteiger partial charge on any atom is 0.416 e. The van der Waals surface area contributed by atoms with E-state index in [-0.39, 0.29) is 12.2 Å². The van der Waals surface area contributed by atoms with Crippen molar-refractivity contribution in [2.24, 2.45) is 0 Å². The molecule has 0 saturated carbocycles. The predicted molar refractivity (Wildman–Crippen MR) is 90.7 cm³/mol. The van der Waals surface area contributed by atoms with Gasteiger partial charge >= 0.3 is 12.1 Å². The molecule has 1 aromatic heterocycles. The standard InChI is InChI=1S/C19H16F3NO3/c1-11-3-8-16(26-2)17-14(11)9-15(18(24)25)23(17)10-12-4-6-13(7-5-12)19(20,21)22/h3-9H,10H2,1-2H3,(H,24,25). The minimum Gasteiger partial charge on any atom is -0.495 e. The van der Waals surface area contributed by atoms with Crippen molar-refractivity contribution in [3.63, 3.8) is 0 Å². The molecule has 0 aliphatic carbocycles. The first-order valence-corrected chi connectivity index (χ1v) is 7.78. The fraction of sp³-hybridized carbons (Fsp3) is 0.211. The summed E-state index contributed by atoms with van der Waals surface area (Å²) in [4.78, 5) is 11.7. The Morgan fingerprint density at radius 3 is 2.35 bits per heavy atom. The number of aryl methyl sites for hydroxylation is 1. The summed E-state index contributed by atoms with van der Waals surface area (Å²) in [5, 5.41) is 10.3. The number of carboxylic acids is 1. The fourth-order valence-corrected chi connectivity index (χ4v) is 2.97. The average Bonchev–Trinajstić information content (AvgIpc) is 2.96. The molecule has 0 spiro atoms. The smallest absolute Gasteiger partial charge is 0.416 e. The van der Waals surface area contributed by atoms with E-state index < -0.39 is 17.7 Å². The van der Waals surface area contributed by atoms with Crippen LogP contribution in [0.4, 0.5) is 13.2 Å². The van der Waals surface area contributed by atoms with Gasteiger partial charge in [-0.15, -0.1) is 0 Å². The van der Waals surface area contributed by atoms with E-state index >= 15 is 0 Å². The number of fused-ring (bicyclic) bond motifs is 1. The van der Waals surface area contributed by atoms with Crippen LogP contribution in [0.25, 0.3) is 10.9 Å². The summed E-state index contributed by atoms with van der Waals surface area (Å²) in [6, 6.07) is 9.81. The lowest BCUT2D eigenvalue weighted by Gasteiger charge is -2.13. The highest BCUT2D eigenvalue weighted by Gasteiger charge is 2.30. The van der Waals surface area contributed by atoms with Crippen molar-refractivity contribution in [3.8, 4) is 5.75 Å². The quantitative estimate of drug-likeness (QED) is 0.729. The molecule has 0 saturated heterocycles. The van der Waals surface area contributed by atoms with E-state index in [1.54, 1.807) is 16.7 Å². The van der Waals surface area contributed by atoms with Crippen LogP contribution in [0.5, 0.6) is 5.75 Å². The van der Waals surface area contributed by atoms with Crippen LogP contribution in [0, 0.1) is 6.92 Å². The van der Waals surface area contributed by atoms with Gasteiger partial charge in [0, 0.05) is 11.9 Å². The summed E-state index contributed by atoms with van der Waals surface area (Å²) in [7, 11) is 1.49. The Kier molecular flexibility index (Phi) is 4.39. The number of carbonyl (C=O) groups is 1. The van der Waals surface area contributed by atoms with Gasteiger partial charge in [-0.2, -0.15) is 13.2 Å². The highest BCUT2D eigenvalue weighted by molar-refractivity contribution is 5.98. The summed E-state index contributed by atoms with van der Waals surface area (Å²) >= 11 is 0. The van der Waals surface area contributed by atoms with Crippen LogP contribution < -0.4 is 4.74 Å². The van der Waals surface area contributed by atoms with E-state index in [4.69, 9.17) is 4.74 Å². The van der Waals surface area contributed by atoms with Gasteiger partial charge < -0.3 is 14.4 Å². The summed E-state index contributed by atoms with van der Waals surface area (Å²) in [6.07, 6.45) is -4.41. The first-order valence-electron chi connectivity index (χ1n) is 7.78. The molecule has 0 atom stereocenters. The molecule has 7 heteroatoms. The van der Waals surface area contributed by atoms with Gasteiger partial charge in [-0.25, -0.2) is 4.79 Å². The Morgan fingerprint density at radius 2 is 1.81 bits per heavy atom. The van der Waals surface area contributed by atoms with E-state index in [1.165, 1.54) is 19.2 Å². The van der Waals surface area contributed by atoms with Crippen LogP contribution in [-0.4, -0.2) is 22.8 Å². The summed E-state index contributed by atoms with van der Waals surface area (Å²) in [5.41, 5.74) is 1.35. The highest BCUT2D eigenvalue weighted by Crippen LogP contribution is 2.33. The van der Waals surface area contributed by atoms with Crippen molar-refractivity contribution < 1.29 is 27.8 Å². The lowest BCUT2D eigenvalue weighted by molar-refractivity contribution is -0.137. The monoisotopic (exact) mass is 363 g/mol. The molecule has 0 bridgehead atoms. The molecule has 2 aromatic carbocycles. The van der Waals surface area contributed by atoms with E-state index in [0.29, 0.717) is 16.8 Å². The van der Waals surface area contributed by atoms with Gasteiger partial charge in [0.05, 0.1) is 18.2 Å².